The standard InChI is InChI=1S/C16H15N3O3S2/c17-11-13-1-4-15(5-2-13)24(21,22)19-9-7-18(8-10-19)16-6-3-14(12-20)23-16/h1-6,12H,7-10H2. The SMILES string of the molecule is N#Cc1ccc(S(=O)(=O)N2CCN(c3ccc(C=O)s3)CC2)cc1. The molecule has 0 radical (unpaired) electrons. The Labute approximate surface area is 144 Å². The topological polar surface area (TPSA) is 81.5 Å². The highest BCUT2D eigenvalue weighted by Gasteiger charge is 2.28. The van der Waals surface area contributed by atoms with Gasteiger partial charge < -0.3 is 4.90 Å². The van der Waals surface area contributed by atoms with Gasteiger partial charge in [-0.15, -0.1) is 11.3 Å². The Morgan fingerprint density at radius 2 is 1.71 bits per heavy atom. The largest absolute Gasteiger partial charge is 0.361 e. The van der Waals surface area contributed by atoms with Crippen molar-refractivity contribution in [1.82, 2.24) is 4.31 Å². The van der Waals surface area contributed by atoms with E-state index in [-0.39, 0.29) is 4.90 Å². The summed E-state index contributed by atoms with van der Waals surface area (Å²) in [6.45, 7) is 1.93. The van der Waals surface area contributed by atoms with Gasteiger partial charge in [-0.25, -0.2) is 8.42 Å². The second-order valence-corrected chi connectivity index (χ2v) is 8.35. The van der Waals surface area contributed by atoms with E-state index in [0.29, 0.717) is 36.6 Å². The fourth-order valence-electron chi connectivity index (χ4n) is 2.57. The van der Waals surface area contributed by atoms with Crippen molar-refractivity contribution in [2.24, 2.45) is 0 Å². The van der Waals surface area contributed by atoms with E-state index >= 15 is 0 Å². The number of nitriles is 1. The minimum absolute atomic E-state index is 0.203. The maximum Gasteiger partial charge on any atom is 0.243 e. The second kappa shape index (κ2) is 6.73. The lowest BCUT2D eigenvalue weighted by molar-refractivity contribution is 0.112. The van der Waals surface area contributed by atoms with E-state index in [9.17, 15) is 13.2 Å². The first-order valence-corrected chi connectivity index (χ1v) is 9.60. The molecule has 0 unspecified atom stereocenters. The molecule has 0 aliphatic carbocycles. The van der Waals surface area contributed by atoms with Crippen LogP contribution in [0.1, 0.15) is 15.2 Å². The van der Waals surface area contributed by atoms with E-state index in [0.717, 1.165) is 11.3 Å². The summed E-state index contributed by atoms with van der Waals surface area (Å²) in [5.74, 6) is 0. The number of carbonyl (C=O) groups excluding carboxylic acids is 1. The number of hydrogen-bond acceptors (Lipinski definition) is 6. The van der Waals surface area contributed by atoms with Crippen LogP contribution in [-0.2, 0) is 10.0 Å². The molecule has 8 heteroatoms. The monoisotopic (exact) mass is 361 g/mol. The summed E-state index contributed by atoms with van der Waals surface area (Å²) in [5, 5.41) is 9.78. The number of hydrogen-bond donors (Lipinski definition) is 0. The van der Waals surface area contributed by atoms with Crippen molar-refractivity contribution in [2.75, 3.05) is 31.1 Å². The van der Waals surface area contributed by atoms with Gasteiger partial charge >= 0.3 is 0 Å². The smallest absolute Gasteiger partial charge is 0.243 e. The Morgan fingerprint density at radius 1 is 1.04 bits per heavy atom. The highest BCUT2D eigenvalue weighted by molar-refractivity contribution is 7.89. The number of nitrogens with zero attached hydrogens (tertiary/aromatic N) is 3. The number of benzene rings is 1. The molecule has 0 N–H and O–H groups in total. The van der Waals surface area contributed by atoms with Gasteiger partial charge in [0.05, 0.1) is 26.4 Å². The van der Waals surface area contributed by atoms with Crippen molar-refractivity contribution >= 4 is 32.6 Å². The molecule has 6 nitrogen and oxygen atoms in total. The van der Waals surface area contributed by atoms with E-state index < -0.39 is 10.0 Å². The van der Waals surface area contributed by atoms with Gasteiger partial charge in [-0.1, -0.05) is 0 Å². The molecule has 24 heavy (non-hydrogen) atoms. The van der Waals surface area contributed by atoms with Crippen molar-refractivity contribution in [2.45, 2.75) is 4.90 Å². The molecule has 0 atom stereocenters. The van der Waals surface area contributed by atoms with Crippen LogP contribution in [0.4, 0.5) is 5.00 Å². The summed E-state index contributed by atoms with van der Waals surface area (Å²) in [7, 11) is -3.55. The molecule has 1 fully saturated rings. The van der Waals surface area contributed by atoms with Crippen LogP contribution in [0, 0.1) is 11.3 Å². The number of thiophene rings is 1. The van der Waals surface area contributed by atoms with E-state index in [1.807, 2.05) is 12.1 Å². The van der Waals surface area contributed by atoms with Gasteiger partial charge in [-0.05, 0) is 36.4 Å². The number of carbonyl (C=O) groups is 1. The number of piperazine rings is 1. The maximum atomic E-state index is 12.7. The molecule has 124 valence electrons. The summed E-state index contributed by atoms with van der Waals surface area (Å²) in [4.78, 5) is 13.7. The molecule has 1 saturated heterocycles. The van der Waals surface area contributed by atoms with Gasteiger partial charge in [-0.2, -0.15) is 9.57 Å². The summed E-state index contributed by atoms with van der Waals surface area (Å²) in [6.07, 6.45) is 0.819. The van der Waals surface area contributed by atoms with Crippen LogP contribution in [-0.4, -0.2) is 45.2 Å². The first kappa shape index (κ1) is 16.6. The van der Waals surface area contributed by atoms with Crippen molar-refractivity contribution in [3.05, 3.63) is 46.8 Å². The Hall–Kier alpha value is -2.21. The van der Waals surface area contributed by atoms with Crippen molar-refractivity contribution < 1.29 is 13.2 Å². The second-order valence-electron chi connectivity index (χ2n) is 5.32. The van der Waals surface area contributed by atoms with Gasteiger partial charge in [0, 0.05) is 26.2 Å². The first-order chi connectivity index (χ1) is 11.5. The molecule has 2 heterocycles. The third-order valence-corrected chi connectivity index (χ3v) is 6.88. The van der Waals surface area contributed by atoms with E-state index in [1.54, 1.807) is 6.07 Å². The van der Waals surface area contributed by atoms with E-state index in [1.165, 1.54) is 39.9 Å². The summed E-state index contributed by atoms with van der Waals surface area (Å²) < 4.78 is 26.8. The van der Waals surface area contributed by atoms with Crippen LogP contribution in [0.15, 0.2) is 41.3 Å². The number of anilines is 1. The normalized spacial score (nSPS) is 15.9. The van der Waals surface area contributed by atoms with Crippen LogP contribution in [0.5, 0.6) is 0 Å². The fourth-order valence-corrected chi connectivity index (χ4v) is 4.87. The average molecular weight is 361 g/mol. The van der Waals surface area contributed by atoms with Gasteiger partial charge in [0.25, 0.3) is 0 Å². The molecular formula is C16H15N3O3S2. The minimum Gasteiger partial charge on any atom is -0.361 e. The average Bonchev–Trinajstić information content (AvgIpc) is 3.11. The molecule has 0 saturated carbocycles. The van der Waals surface area contributed by atoms with E-state index in [2.05, 4.69) is 4.90 Å². The van der Waals surface area contributed by atoms with Gasteiger partial charge in [0.2, 0.25) is 10.0 Å². The van der Waals surface area contributed by atoms with Gasteiger partial charge in [0.15, 0.2) is 6.29 Å². The van der Waals surface area contributed by atoms with Crippen molar-refractivity contribution in [1.29, 1.82) is 5.26 Å². The fraction of sp³-hybridized carbons (Fsp3) is 0.250. The third-order valence-electron chi connectivity index (χ3n) is 3.90. The highest BCUT2D eigenvalue weighted by Crippen LogP contribution is 2.27. The van der Waals surface area contributed by atoms with Gasteiger partial charge in [-0.3, -0.25) is 4.79 Å². The molecule has 0 spiro atoms. The quantitative estimate of drug-likeness (QED) is 0.778. The molecule has 0 amide bonds. The molecule has 1 aliphatic heterocycles. The van der Waals surface area contributed by atoms with Crippen LogP contribution in [0.3, 0.4) is 0 Å². The molecular weight excluding hydrogens is 346 g/mol. The van der Waals surface area contributed by atoms with Crippen LogP contribution in [0.25, 0.3) is 0 Å². The molecule has 0 bridgehead atoms. The Bertz CT molecular complexity index is 874. The van der Waals surface area contributed by atoms with Crippen LogP contribution in [0.2, 0.25) is 0 Å². The van der Waals surface area contributed by atoms with Crippen LogP contribution >= 0.6 is 11.3 Å². The zero-order valence-corrected chi connectivity index (χ0v) is 14.4. The zero-order chi connectivity index (χ0) is 17.2. The molecule has 3 rings (SSSR count). The highest BCUT2D eigenvalue weighted by atomic mass is 32.2. The maximum absolute atomic E-state index is 12.7. The lowest BCUT2D eigenvalue weighted by atomic mass is 10.2. The third kappa shape index (κ3) is 3.19. The van der Waals surface area contributed by atoms with Gasteiger partial charge in [0.1, 0.15) is 0 Å². The minimum atomic E-state index is -3.55. The predicted octanol–water partition coefficient (Wildman–Crippen LogP) is 1.94. The summed E-state index contributed by atoms with van der Waals surface area (Å²) in [6, 6.07) is 11.6. The summed E-state index contributed by atoms with van der Waals surface area (Å²) in [5.41, 5.74) is 0.433. The number of sulfonamides is 1. The predicted molar refractivity (Wildman–Crippen MR) is 91.8 cm³/mol. The molecule has 2 aromatic rings. The zero-order valence-electron chi connectivity index (χ0n) is 12.8. The lowest BCUT2D eigenvalue weighted by Gasteiger charge is -2.34. The molecule has 1 aliphatic rings. The molecule has 1 aromatic heterocycles. The number of aldehydes is 1. The van der Waals surface area contributed by atoms with Crippen LogP contribution < -0.4 is 4.90 Å². The Kier molecular flexibility index (Phi) is 4.66. The first-order valence-electron chi connectivity index (χ1n) is 7.35. The number of rotatable bonds is 4. The summed E-state index contributed by atoms with van der Waals surface area (Å²) >= 11 is 1.41. The van der Waals surface area contributed by atoms with Crippen molar-refractivity contribution in [3.63, 3.8) is 0 Å². The van der Waals surface area contributed by atoms with Crippen molar-refractivity contribution in [3.8, 4) is 6.07 Å². The van der Waals surface area contributed by atoms with E-state index in [4.69, 9.17) is 5.26 Å². The lowest BCUT2D eigenvalue weighted by Crippen LogP contribution is -2.48. The Balaban J connectivity index is 1.70. The molecule has 1 aromatic carbocycles. The Morgan fingerprint density at radius 3 is 2.25 bits per heavy atom.